The minimum Gasteiger partial charge on any atom is -0.466 e. The van der Waals surface area contributed by atoms with Crippen LogP contribution < -0.4 is 5.32 Å². The van der Waals surface area contributed by atoms with Crippen LogP contribution in [0.2, 0.25) is 10.0 Å². The van der Waals surface area contributed by atoms with Gasteiger partial charge in [-0.15, -0.1) is 0 Å². The fourth-order valence-electron chi connectivity index (χ4n) is 2.67. The van der Waals surface area contributed by atoms with Gasteiger partial charge in [-0.3, -0.25) is 0 Å². The smallest absolute Gasteiger partial charge is 0.335 e. The molecule has 1 N–H and O–H groups in total. The van der Waals surface area contributed by atoms with Gasteiger partial charge in [0.15, 0.2) is 0 Å². The van der Waals surface area contributed by atoms with Crippen molar-refractivity contribution in [2.24, 2.45) is 5.41 Å². The Labute approximate surface area is 141 Å². The first kappa shape index (κ1) is 17.2. The second-order valence-electron chi connectivity index (χ2n) is 6.38. The highest BCUT2D eigenvalue weighted by Gasteiger charge is 2.31. The molecular weight excluding hydrogens is 321 g/mol. The van der Waals surface area contributed by atoms with Crippen LogP contribution in [0.15, 0.2) is 29.5 Å². The van der Waals surface area contributed by atoms with E-state index in [-0.39, 0.29) is 11.4 Å². The van der Waals surface area contributed by atoms with Gasteiger partial charge in [0.05, 0.1) is 12.7 Å². The maximum absolute atomic E-state index is 12.0. The summed E-state index contributed by atoms with van der Waals surface area (Å²) in [5.41, 5.74) is 2.76. The first-order chi connectivity index (χ1) is 10.3. The van der Waals surface area contributed by atoms with E-state index in [9.17, 15) is 4.79 Å². The van der Waals surface area contributed by atoms with Crippen molar-refractivity contribution in [3.8, 4) is 0 Å². The predicted octanol–water partition coefficient (Wildman–Crippen LogP) is 4.72. The SMILES string of the molecule is COC(=O)C1=C(NCc2ccc(Cl)cc2Cl)CCC(C)(C)C1. The fraction of sp³-hybridized carbons (Fsp3) is 0.471. The maximum atomic E-state index is 12.0. The Morgan fingerprint density at radius 2 is 2.09 bits per heavy atom. The van der Waals surface area contributed by atoms with Crippen molar-refractivity contribution in [3.05, 3.63) is 45.1 Å². The van der Waals surface area contributed by atoms with Gasteiger partial charge in [0.25, 0.3) is 0 Å². The lowest BCUT2D eigenvalue weighted by Crippen LogP contribution is -2.28. The number of allylic oxidation sites excluding steroid dienone is 1. The predicted molar refractivity (Wildman–Crippen MR) is 90.0 cm³/mol. The Kier molecular flexibility index (Phi) is 5.41. The molecule has 1 aliphatic rings. The van der Waals surface area contributed by atoms with Gasteiger partial charge >= 0.3 is 5.97 Å². The normalized spacial score (nSPS) is 17.3. The minimum atomic E-state index is -0.252. The summed E-state index contributed by atoms with van der Waals surface area (Å²) in [5, 5.41) is 4.59. The molecule has 0 aliphatic heterocycles. The highest BCUT2D eigenvalue weighted by Crippen LogP contribution is 2.38. The molecule has 0 unspecified atom stereocenters. The number of benzene rings is 1. The lowest BCUT2D eigenvalue weighted by molar-refractivity contribution is -0.136. The molecule has 0 saturated heterocycles. The third-order valence-corrected chi connectivity index (χ3v) is 4.60. The van der Waals surface area contributed by atoms with Gasteiger partial charge in [-0.25, -0.2) is 4.79 Å². The van der Waals surface area contributed by atoms with Gasteiger partial charge in [-0.1, -0.05) is 43.1 Å². The van der Waals surface area contributed by atoms with Crippen LogP contribution in [0, 0.1) is 5.41 Å². The summed E-state index contributed by atoms with van der Waals surface area (Å²) in [6, 6.07) is 5.42. The second kappa shape index (κ2) is 6.93. The molecule has 22 heavy (non-hydrogen) atoms. The molecule has 0 amide bonds. The molecule has 5 heteroatoms. The van der Waals surface area contributed by atoms with Gasteiger partial charge in [0.1, 0.15) is 0 Å². The van der Waals surface area contributed by atoms with Crippen LogP contribution in [0.5, 0.6) is 0 Å². The summed E-state index contributed by atoms with van der Waals surface area (Å²) in [7, 11) is 1.42. The molecule has 0 radical (unpaired) electrons. The van der Waals surface area contributed by atoms with E-state index in [2.05, 4.69) is 19.2 Å². The number of nitrogens with one attached hydrogen (secondary N) is 1. The summed E-state index contributed by atoms with van der Waals surface area (Å²) in [5.74, 6) is -0.252. The highest BCUT2D eigenvalue weighted by atomic mass is 35.5. The number of carbonyl (C=O) groups excluding carboxylic acids is 1. The van der Waals surface area contributed by atoms with Gasteiger partial charge in [0.2, 0.25) is 0 Å². The summed E-state index contributed by atoms with van der Waals surface area (Å²) >= 11 is 12.1. The molecule has 0 aromatic heterocycles. The zero-order valence-electron chi connectivity index (χ0n) is 13.1. The van der Waals surface area contributed by atoms with Crippen molar-refractivity contribution in [1.82, 2.24) is 5.32 Å². The number of methoxy groups -OCH3 is 1. The zero-order chi connectivity index (χ0) is 16.3. The Balaban J connectivity index is 2.17. The number of hydrogen-bond acceptors (Lipinski definition) is 3. The van der Waals surface area contributed by atoms with Crippen LogP contribution in [0.25, 0.3) is 0 Å². The molecule has 0 spiro atoms. The maximum Gasteiger partial charge on any atom is 0.335 e. The Hall–Kier alpha value is -1.19. The first-order valence-electron chi connectivity index (χ1n) is 7.30. The van der Waals surface area contributed by atoms with E-state index in [1.165, 1.54) is 7.11 Å². The molecule has 1 aromatic rings. The van der Waals surface area contributed by atoms with E-state index in [1.54, 1.807) is 6.07 Å². The molecule has 0 heterocycles. The van der Waals surface area contributed by atoms with E-state index in [4.69, 9.17) is 27.9 Å². The number of halogens is 2. The van der Waals surface area contributed by atoms with Crippen LogP contribution in [0.1, 0.15) is 38.7 Å². The van der Waals surface area contributed by atoms with Crippen molar-refractivity contribution in [3.63, 3.8) is 0 Å². The second-order valence-corrected chi connectivity index (χ2v) is 7.22. The summed E-state index contributed by atoms with van der Waals surface area (Å²) in [6.45, 7) is 4.90. The van der Waals surface area contributed by atoms with E-state index in [0.29, 0.717) is 16.6 Å². The third kappa shape index (κ3) is 4.17. The molecule has 2 rings (SSSR count). The van der Waals surface area contributed by atoms with Gasteiger partial charge in [-0.05, 0) is 42.4 Å². The molecule has 1 aromatic carbocycles. The van der Waals surface area contributed by atoms with Crippen molar-refractivity contribution < 1.29 is 9.53 Å². The lowest BCUT2D eigenvalue weighted by atomic mass is 9.76. The van der Waals surface area contributed by atoms with Crippen LogP contribution >= 0.6 is 23.2 Å². The molecule has 0 atom stereocenters. The average Bonchev–Trinajstić information content (AvgIpc) is 2.46. The molecule has 0 saturated carbocycles. The quantitative estimate of drug-likeness (QED) is 0.805. The van der Waals surface area contributed by atoms with E-state index in [0.717, 1.165) is 36.1 Å². The number of hydrogen-bond donors (Lipinski definition) is 1. The molecule has 1 aliphatic carbocycles. The van der Waals surface area contributed by atoms with E-state index >= 15 is 0 Å². The standard InChI is InChI=1S/C17H21Cl2NO2/c1-17(2)7-6-15(13(9-17)16(21)22-3)20-10-11-4-5-12(18)8-14(11)19/h4-5,8,20H,6-7,9-10H2,1-3H3. The van der Waals surface area contributed by atoms with Gasteiger partial charge in [-0.2, -0.15) is 0 Å². The Bertz CT molecular complexity index is 609. The van der Waals surface area contributed by atoms with Crippen LogP contribution in [0.4, 0.5) is 0 Å². The molecular formula is C17H21Cl2NO2. The molecule has 0 fully saturated rings. The van der Waals surface area contributed by atoms with E-state index in [1.807, 2.05) is 12.1 Å². The van der Waals surface area contributed by atoms with Crippen molar-refractivity contribution in [2.75, 3.05) is 7.11 Å². The largest absolute Gasteiger partial charge is 0.466 e. The number of ether oxygens (including phenoxy) is 1. The van der Waals surface area contributed by atoms with Gasteiger partial charge < -0.3 is 10.1 Å². The van der Waals surface area contributed by atoms with Crippen molar-refractivity contribution >= 4 is 29.2 Å². The number of rotatable bonds is 4. The van der Waals surface area contributed by atoms with Crippen LogP contribution in [0.3, 0.4) is 0 Å². The van der Waals surface area contributed by atoms with Gasteiger partial charge in [0, 0.05) is 22.3 Å². The molecule has 3 nitrogen and oxygen atoms in total. The summed E-state index contributed by atoms with van der Waals surface area (Å²) in [6.07, 6.45) is 2.59. The van der Waals surface area contributed by atoms with Crippen molar-refractivity contribution in [2.45, 2.75) is 39.7 Å². The molecule has 120 valence electrons. The summed E-state index contributed by atoms with van der Waals surface area (Å²) in [4.78, 5) is 12.0. The molecule has 0 bridgehead atoms. The monoisotopic (exact) mass is 341 g/mol. The third-order valence-electron chi connectivity index (χ3n) is 4.01. The Morgan fingerprint density at radius 3 is 2.73 bits per heavy atom. The number of carbonyl (C=O) groups is 1. The number of esters is 1. The zero-order valence-corrected chi connectivity index (χ0v) is 14.6. The van der Waals surface area contributed by atoms with Crippen molar-refractivity contribution in [1.29, 1.82) is 0 Å². The fourth-order valence-corrected chi connectivity index (χ4v) is 3.14. The Morgan fingerprint density at radius 1 is 1.36 bits per heavy atom. The highest BCUT2D eigenvalue weighted by molar-refractivity contribution is 6.35. The average molecular weight is 342 g/mol. The van der Waals surface area contributed by atoms with Crippen LogP contribution in [-0.2, 0) is 16.1 Å². The summed E-state index contributed by atoms with van der Waals surface area (Å²) < 4.78 is 4.92. The van der Waals surface area contributed by atoms with E-state index < -0.39 is 0 Å². The minimum absolute atomic E-state index is 0.118. The van der Waals surface area contributed by atoms with Crippen LogP contribution in [-0.4, -0.2) is 13.1 Å². The lowest BCUT2D eigenvalue weighted by Gasteiger charge is -2.32. The topological polar surface area (TPSA) is 38.3 Å². The first-order valence-corrected chi connectivity index (χ1v) is 8.06.